The van der Waals surface area contributed by atoms with Crippen LogP contribution in [0.2, 0.25) is 0 Å². The third-order valence-electron chi connectivity index (χ3n) is 3.31. The Bertz CT molecular complexity index is 438. The van der Waals surface area contributed by atoms with Gasteiger partial charge in [-0.15, -0.1) is 0 Å². The van der Waals surface area contributed by atoms with Crippen molar-refractivity contribution in [3.05, 3.63) is 29.3 Å². The van der Waals surface area contributed by atoms with Gasteiger partial charge in [0.25, 0.3) is 0 Å². The Hall–Kier alpha value is -1.55. The number of hydrogen-bond donors (Lipinski definition) is 0. The van der Waals surface area contributed by atoms with Gasteiger partial charge in [-0.3, -0.25) is 4.79 Å². The summed E-state index contributed by atoms with van der Waals surface area (Å²) in [6.45, 7) is 3.74. The summed E-state index contributed by atoms with van der Waals surface area (Å²) in [6, 6.07) is 6.08. The summed E-state index contributed by atoms with van der Waals surface area (Å²) >= 11 is 0. The summed E-state index contributed by atoms with van der Waals surface area (Å²) in [7, 11) is 1.67. The maximum atomic E-state index is 11.4. The second-order valence-corrected chi connectivity index (χ2v) is 4.58. The standard InChI is InChI=1S/C15H20O4/c1-3-19-14(16)8-7-11-5-4-6-13(15(11)17-2)12-9-18-10-12/h4-6,12H,3,7-10H2,1-2H3. The first-order valence-electron chi connectivity index (χ1n) is 6.65. The van der Waals surface area contributed by atoms with E-state index in [1.54, 1.807) is 7.11 Å². The SMILES string of the molecule is CCOC(=O)CCc1cccc(C2COC2)c1OC. The third-order valence-corrected chi connectivity index (χ3v) is 3.31. The van der Waals surface area contributed by atoms with Gasteiger partial charge < -0.3 is 14.2 Å². The molecule has 1 aliphatic heterocycles. The molecular formula is C15H20O4. The highest BCUT2D eigenvalue weighted by Crippen LogP contribution is 2.34. The number of carbonyl (C=O) groups excluding carboxylic acids is 1. The second kappa shape index (κ2) is 6.57. The molecule has 0 aromatic heterocycles. The van der Waals surface area contributed by atoms with Gasteiger partial charge in [0, 0.05) is 17.9 Å². The molecular weight excluding hydrogens is 244 g/mol. The first kappa shape index (κ1) is 13.9. The van der Waals surface area contributed by atoms with Crippen LogP contribution >= 0.6 is 0 Å². The number of aryl methyl sites for hydroxylation is 1. The van der Waals surface area contributed by atoms with Gasteiger partial charge in [-0.2, -0.15) is 0 Å². The molecule has 0 bridgehead atoms. The number of carbonyl (C=O) groups is 1. The van der Waals surface area contributed by atoms with E-state index in [9.17, 15) is 4.79 Å². The molecule has 1 heterocycles. The van der Waals surface area contributed by atoms with Crippen LogP contribution in [0.5, 0.6) is 5.75 Å². The fraction of sp³-hybridized carbons (Fsp3) is 0.533. The van der Waals surface area contributed by atoms with E-state index in [4.69, 9.17) is 14.2 Å². The molecule has 1 aromatic rings. The van der Waals surface area contributed by atoms with Crippen LogP contribution in [0.4, 0.5) is 0 Å². The number of para-hydroxylation sites is 1. The molecule has 19 heavy (non-hydrogen) atoms. The van der Waals surface area contributed by atoms with Gasteiger partial charge >= 0.3 is 5.97 Å². The molecule has 0 radical (unpaired) electrons. The molecule has 0 aliphatic carbocycles. The molecule has 1 aromatic carbocycles. The summed E-state index contributed by atoms with van der Waals surface area (Å²) in [4.78, 5) is 11.4. The molecule has 0 unspecified atom stereocenters. The Balaban J connectivity index is 2.08. The van der Waals surface area contributed by atoms with Crippen molar-refractivity contribution in [2.45, 2.75) is 25.7 Å². The smallest absolute Gasteiger partial charge is 0.306 e. The van der Waals surface area contributed by atoms with Crippen molar-refractivity contribution in [3.63, 3.8) is 0 Å². The molecule has 0 spiro atoms. The molecule has 1 aliphatic rings. The Morgan fingerprint density at radius 1 is 1.42 bits per heavy atom. The minimum atomic E-state index is -0.165. The zero-order chi connectivity index (χ0) is 13.7. The van der Waals surface area contributed by atoms with E-state index in [0.29, 0.717) is 25.4 Å². The van der Waals surface area contributed by atoms with E-state index in [0.717, 1.165) is 24.5 Å². The van der Waals surface area contributed by atoms with Crippen molar-refractivity contribution in [1.82, 2.24) is 0 Å². The molecule has 4 nitrogen and oxygen atoms in total. The number of hydrogen-bond acceptors (Lipinski definition) is 4. The number of rotatable bonds is 6. The zero-order valence-electron chi connectivity index (χ0n) is 11.5. The lowest BCUT2D eigenvalue weighted by molar-refractivity contribution is -0.143. The first-order valence-corrected chi connectivity index (χ1v) is 6.65. The van der Waals surface area contributed by atoms with Crippen molar-refractivity contribution < 1.29 is 19.0 Å². The fourth-order valence-corrected chi connectivity index (χ4v) is 2.26. The summed E-state index contributed by atoms with van der Waals surface area (Å²) in [6.07, 6.45) is 1.03. The van der Waals surface area contributed by atoms with Crippen molar-refractivity contribution in [2.75, 3.05) is 26.9 Å². The topological polar surface area (TPSA) is 44.8 Å². The lowest BCUT2D eigenvalue weighted by Gasteiger charge is -2.28. The van der Waals surface area contributed by atoms with Crippen molar-refractivity contribution in [3.8, 4) is 5.75 Å². The number of methoxy groups -OCH3 is 1. The Morgan fingerprint density at radius 3 is 2.79 bits per heavy atom. The van der Waals surface area contributed by atoms with Crippen LogP contribution in [-0.4, -0.2) is 32.9 Å². The van der Waals surface area contributed by atoms with Crippen LogP contribution in [0.25, 0.3) is 0 Å². The van der Waals surface area contributed by atoms with Crippen molar-refractivity contribution in [1.29, 1.82) is 0 Å². The predicted molar refractivity (Wildman–Crippen MR) is 71.5 cm³/mol. The van der Waals surface area contributed by atoms with E-state index in [2.05, 4.69) is 6.07 Å². The number of benzene rings is 1. The summed E-state index contributed by atoms with van der Waals surface area (Å²) < 4.78 is 15.7. The molecule has 0 N–H and O–H groups in total. The van der Waals surface area contributed by atoms with Crippen LogP contribution in [0.3, 0.4) is 0 Å². The monoisotopic (exact) mass is 264 g/mol. The summed E-state index contributed by atoms with van der Waals surface area (Å²) in [5, 5.41) is 0. The van der Waals surface area contributed by atoms with Crippen LogP contribution in [0.15, 0.2) is 18.2 Å². The molecule has 4 heteroatoms. The Kier molecular flexibility index (Phi) is 4.80. The van der Waals surface area contributed by atoms with E-state index in [-0.39, 0.29) is 5.97 Å². The average molecular weight is 264 g/mol. The van der Waals surface area contributed by atoms with Gasteiger partial charge in [0.15, 0.2) is 0 Å². The molecule has 0 amide bonds. The summed E-state index contributed by atoms with van der Waals surface area (Å²) in [5.41, 5.74) is 2.23. The molecule has 104 valence electrons. The quantitative estimate of drug-likeness (QED) is 0.740. The van der Waals surface area contributed by atoms with Gasteiger partial charge in [0.1, 0.15) is 5.75 Å². The largest absolute Gasteiger partial charge is 0.496 e. The molecule has 1 saturated heterocycles. The van der Waals surface area contributed by atoms with E-state index in [1.165, 1.54) is 5.56 Å². The minimum absolute atomic E-state index is 0.165. The van der Waals surface area contributed by atoms with E-state index in [1.807, 2.05) is 19.1 Å². The highest BCUT2D eigenvalue weighted by Gasteiger charge is 2.25. The zero-order valence-corrected chi connectivity index (χ0v) is 11.5. The lowest BCUT2D eigenvalue weighted by atomic mass is 9.93. The van der Waals surface area contributed by atoms with Crippen LogP contribution < -0.4 is 4.74 Å². The number of ether oxygens (including phenoxy) is 3. The fourth-order valence-electron chi connectivity index (χ4n) is 2.26. The Labute approximate surface area is 113 Å². The summed E-state index contributed by atoms with van der Waals surface area (Å²) in [5.74, 6) is 1.14. The first-order chi connectivity index (χ1) is 9.26. The predicted octanol–water partition coefficient (Wildman–Crippen LogP) is 2.30. The van der Waals surface area contributed by atoms with Crippen LogP contribution in [0.1, 0.15) is 30.4 Å². The maximum Gasteiger partial charge on any atom is 0.306 e. The van der Waals surface area contributed by atoms with Crippen LogP contribution in [-0.2, 0) is 20.7 Å². The second-order valence-electron chi connectivity index (χ2n) is 4.58. The third kappa shape index (κ3) is 3.26. The van der Waals surface area contributed by atoms with Gasteiger partial charge in [-0.05, 0) is 18.9 Å². The van der Waals surface area contributed by atoms with E-state index < -0.39 is 0 Å². The van der Waals surface area contributed by atoms with Crippen molar-refractivity contribution in [2.24, 2.45) is 0 Å². The molecule has 0 atom stereocenters. The maximum absolute atomic E-state index is 11.4. The van der Waals surface area contributed by atoms with Gasteiger partial charge in [0.2, 0.25) is 0 Å². The minimum Gasteiger partial charge on any atom is -0.496 e. The van der Waals surface area contributed by atoms with Crippen LogP contribution in [0, 0.1) is 0 Å². The Morgan fingerprint density at radius 2 is 2.21 bits per heavy atom. The van der Waals surface area contributed by atoms with E-state index >= 15 is 0 Å². The normalized spacial score (nSPS) is 14.8. The highest BCUT2D eigenvalue weighted by molar-refractivity contribution is 5.69. The molecule has 1 fully saturated rings. The molecule has 0 saturated carbocycles. The average Bonchev–Trinajstić information content (AvgIpc) is 2.35. The van der Waals surface area contributed by atoms with Gasteiger partial charge in [0.05, 0.1) is 26.9 Å². The number of esters is 1. The highest BCUT2D eigenvalue weighted by atomic mass is 16.5. The van der Waals surface area contributed by atoms with Crippen molar-refractivity contribution >= 4 is 5.97 Å². The lowest BCUT2D eigenvalue weighted by Crippen LogP contribution is -2.25. The molecule has 2 rings (SSSR count). The van der Waals surface area contributed by atoms with Gasteiger partial charge in [-0.25, -0.2) is 0 Å². The van der Waals surface area contributed by atoms with Gasteiger partial charge in [-0.1, -0.05) is 18.2 Å².